The number of rotatable bonds is 2. The van der Waals surface area contributed by atoms with Crippen molar-refractivity contribution in [1.29, 1.82) is 0 Å². The molecular weight excluding hydrogens is 290 g/mol. The molecule has 0 aromatic heterocycles. The second-order valence-electron chi connectivity index (χ2n) is 4.55. The first-order chi connectivity index (χ1) is 8.45. The molecule has 0 unspecified atom stereocenters. The third-order valence-corrected chi connectivity index (χ3v) is 3.97. The average Bonchev–Trinajstić information content (AvgIpc) is 2.24. The van der Waals surface area contributed by atoms with E-state index in [-0.39, 0.29) is 0 Å². The first kappa shape index (κ1) is 13.0. The highest BCUT2D eigenvalue weighted by Gasteiger charge is 2.05. The normalized spacial score (nSPS) is 10.4. The van der Waals surface area contributed by atoms with E-state index in [1.807, 2.05) is 37.3 Å². The number of nitrogens with two attached hydrogens (primary N) is 1. The molecule has 0 aliphatic carbocycles. The average molecular weight is 306 g/mol. The number of halogens is 1. The van der Waals surface area contributed by atoms with Crippen LogP contribution in [-0.4, -0.2) is 0 Å². The van der Waals surface area contributed by atoms with Crippen molar-refractivity contribution < 1.29 is 4.74 Å². The number of anilines is 1. The van der Waals surface area contributed by atoms with Gasteiger partial charge in [-0.3, -0.25) is 0 Å². The molecule has 0 amide bonds. The van der Waals surface area contributed by atoms with Crippen LogP contribution in [0.15, 0.2) is 34.8 Å². The molecule has 0 fully saturated rings. The van der Waals surface area contributed by atoms with Gasteiger partial charge in [-0.1, -0.05) is 15.9 Å². The first-order valence-corrected chi connectivity index (χ1v) is 6.57. The first-order valence-electron chi connectivity index (χ1n) is 5.77. The van der Waals surface area contributed by atoms with Gasteiger partial charge in [0.1, 0.15) is 11.5 Å². The second-order valence-corrected chi connectivity index (χ2v) is 5.35. The summed E-state index contributed by atoms with van der Waals surface area (Å²) >= 11 is 3.55. The highest BCUT2D eigenvalue weighted by atomic mass is 79.9. The minimum absolute atomic E-state index is 0.718. The quantitative estimate of drug-likeness (QED) is 0.813. The lowest BCUT2D eigenvalue weighted by molar-refractivity contribution is 0.481. The van der Waals surface area contributed by atoms with E-state index in [0.29, 0.717) is 0 Å². The number of benzene rings is 2. The van der Waals surface area contributed by atoms with Gasteiger partial charge in [0.2, 0.25) is 0 Å². The Morgan fingerprint density at radius 1 is 0.889 bits per heavy atom. The number of aryl methyl sites for hydroxylation is 3. The van der Waals surface area contributed by atoms with Crippen molar-refractivity contribution in [2.24, 2.45) is 0 Å². The Labute approximate surface area is 116 Å². The SMILES string of the molecule is Cc1cc(N)cc(Oc2cc(C)c(Br)c(C)c2)c1. The van der Waals surface area contributed by atoms with Crippen molar-refractivity contribution in [3.05, 3.63) is 51.5 Å². The van der Waals surface area contributed by atoms with Crippen LogP contribution in [0.25, 0.3) is 0 Å². The smallest absolute Gasteiger partial charge is 0.129 e. The van der Waals surface area contributed by atoms with Gasteiger partial charge in [0.25, 0.3) is 0 Å². The van der Waals surface area contributed by atoms with Crippen LogP contribution < -0.4 is 10.5 Å². The Bertz CT molecular complexity index is 550. The molecular formula is C15H16BrNO. The standard InChI is InChI=1S/C15H16BrNO/c1-9-4-12(17)8-13(5-9)18-14-6-10(2)15(16)11(3)7-14/h4-8H,17H2,1-3H3. The fourth-order valence-electron chi connectivity index (χ4n) is 1.94. The van der Waals surface area contributed by atoms with Crippen LogP contribution >= 0.6 is 15.9 Å². The molecule has 0 bridgehead atoms. The zero-order chi connectivity index (χ0) is 13.3. The molecule has 0 saturated carbocycles. The summed E-state index contributed by atoms with van der Waals surface area (Å²) < 4.78 is 6.98. The van der Waals surface area contributed by atoms with Crippen molar-refractivity contribution in [3.8, 4) is 11.5 Å². The van der Waals surface area contributed by atoms with Crippen molar-refractivity contribution in [2.75, 3.05) is 5.73 Å². The van der Waals surface area contributed by atoms with Gasteiger partial charge in [-0.05, 0) is 61.7 Å². The lowest BCUT2D eigenvalue weighted by atomic mass is 10.1. The van der Waals surface area contributed by atoms with Crippen molar-refractivity contribution in [3.63, 3.8) is 0 Å². The van der Waals surface area contributed by atoms with Crippen LogP contribution in [0.5, 0.6) is 11.5 Å². The summed E-state index contributed by atoms with van der Waals surface area (Å²) in [5.41, 5.74) is 9.94. The van der Waals surface area contributed by atoms with Crippen molar-refractivity contribution >= 4 is 21.6 Å². The van der Waals surface area contributed by atoms with Gasteiger partial charge in [-0.15, -0.1) is 0 Å². The Kier molecular flexibility index (Phi) is 3.62. The minimum atomic E-state index is 0.718. The Balaban J connectivity index is 2.34. The molecule has 0 atom stereocenters. The molecule has 2 rings (SSSR count). The van der Waals surface area contributed by atoms with E-state index in [2.05, 4.69) is 29.8 Å². The lowest BCUT2D eigenvalue weighted by Gasteiger charge is -2.11. The predicted molar refractivity (Wildman–Crippen MR) is 79.3 cm³/mol. The molecule has 94 valence electrons. The molecule has 3 heteroatoms. The van der Waals surface area contributed by atoms with E-state index < -0.39 is 0 Å². The number of hydrogen-bond donors (Lipinski definition) is 1. The van der Waals surface area contributed by atoms with E-state index in [4.69, 9.17) is 10.5 Å². The summed E-state index contributed by atoms with van der Waals surface area (Å²) in [5, 5.41) is 0. The predicted octanol–water partition coefficient (Wildman–Crippen LogP) is 4.75. The molecule has 0 radical (unpaired) electrons. The molecule has 18 heavy (non-hydrogen) atoms. The number of nitrogen functional groups attached to an aromatic ring is 1. The van der Waals surface area contributed by atoms with Crippen LogP contribution in [-0.2, 0) is 0 Å². The summed E-state index contributed by atoms with van der Waals surface area (Å²) in [6, 6.07) is 9.75. The Hall–Kier alpha value is -1.48. The number of hydrogen-bond acceptors (Lipinski definition) is 2. The zero-order valence-corrected chi connectivity index (χ0v) is 12.3. The van der Waals surface area contributed by atoms with Crippen LogP contribution in [0.2, 0.25) is 0 Å². The Morgan fingerprint density at radius 3 is 2.00 bits per heavy atom. The lowest BCUT2D eigenvalue weighted by Crippen LogP contribution is -1.91. The van der Waals surface area contributed by atoms with E-state index in [0.717, 1.165) is 38.3 Å². The molecule has 0 aliphatic rings. The van der Waals surface area contributed by atoms with Gasteiger partial charge in [-0.2, -0.15) is 0 Å². The molecule has 2 aromatic rings. The summed E-state index contributed by atoms with van der Waals surface area (Å²) in [6.07, 6.45) is 0. The van der Waals surface area contributed by atoms with Crippen LogP contribution in [0.3, 0.4) is 0 Å². The largest absolute Gasteiger partial charge is 0.457 e. The highest BCUT2D eigenvalue weighted by Crippen LogP contribution is 2.30. The molecule has 0 saturated heterocycles. The van der Waals surface area contributed by atoms with Gasteiger partial charge in [0.15, 0.2) is 0 Å². The molecule has 2 N–H and O–H groups in total. The number of ether oxygens (including phenoxy) is 1. The molecule has 0 spiro atoms. The van der Waals surface area contributed by atoms with E-state index in [1.54, 1.807) is 0 Å². The summed E-state index contributed by atoms with van der Waals surface area (Å²) in [5.74, 6) is 1.60. The molecule has 0 aliphatic heterocycles. The fourth-order valence-corrected chi connectivity index (χ4v) is 2.17. The maximum atomic E-state index is 5.86. The van der Waals surface area contributed by atoms with Gasteiger partial charge >= 0.3 is 0 Å². The van der Waals surface area contributed by atoms with Crippen LogP contribution in [0.4, 0.5) is 5.69 Å². The summed E-state index contributed by atoms with van der Waals surface area (Å²) in [6.45, 7) is 6.10. The van der Waals surface area contributed by atoms with Gasteiger partial charge in [0, 0.05) is 16.2 Å². The summed E-state index contributed by atoms with van der Waals surface area (Å²) in [4.78, 5) is 0. The van der Waals surface area contributed by atoms with E-state index in [1.165, 1.54) is 0 Å². The van der Waals surface area contributed by atoms with Crippen molar-refractivity contribution in [2.45, 2.75) is 20.8 Å². The maximum Gasteiger partial charge on any atom is 0.129 e. The van der Waals surface area contributed by atoms with Crippen LogP contribution in [0, 0.1) is 20.8 Å². The maximum absolute atomic E-state index is 5.86. The van der Waals surface area contributed by atoms with Gasteiger partial charge < -0.3 is 10.5 Å². The Morgan fingerprint density at radius 2 is 1.44 bits per heavy atom. The van der Waals surface area contributed by atoms with E-state index >= 15 is 0 Å². The third kappa shape index (κ3) is 2.85. The molecule has 2 nitrogen and oxygen atoms in total. The monoisotopic (exact) mass is 305 g/mol. The summed E-state index contributed by atoms with van der Waals surface area (Å²) in [7, 11) is 0. The van der Waals surface area contributed by atoms with Gasteiger partial charge in [-0.25, -0.2) is 0 Å². The zero-order valence-electron chi connectivity index (χ0n) is 10.8. The van der Waals surface area contributed by atoms with E-state index in [9.17, 15) is 0 Å². The second kappa shape index (κ2) is 5.02. The van der Waals surface area contributed by atoms with Crippen molar-refractivity contribution in [1.82, 2.24) is 0 Å². The minimum Gasteiger partial charge on any atom is -0.457 e. The van der Waals surface area contributed by atoms with Crippen LogP contribution in [0.1, 0.15) is 16.7 Å². The third-order valence-electron chi connectivity index (χ3n) is 2.72. The molecule has 0 heterocycles. The van der Waals surface area contributed by atoms with Gasteiger partial charge in [0.05, 0.1) is 0 Å². The highest BCUT2D eigenvalue weighted by molar-refractivity contribution is 9.10. The fraction of sp³-hybridized carbons (Fsp3) is 0.200. The molecule has 2 aromatic carbocycles. The topological polar surface area (TPSA) is 35.2 Å².